The van der Waals surface area contributed by atoms with E-state index in [-0.39, 0.29) is 0 Å². The first-order valence-electron chi connectivity index (χ1n) is 5.16. The highest BCUT2D eigenvalue weighted by Crippen LogP contribution is 2.05. The van der Waals surface area contributed by atoms with Gasteiger partial charge in [-0.1, -0.05) is 47.1 Å². The molecule has 0 aliphatic rings. The summed E-state index contributed by atoms with van der Waals surface area (Å²) in [5, 5.41) is 4.13. The zero-order valence-corrected chi connectivity index (χ0v) is 9.84. The Hall–Kier alpha value is -1.87. The van der Waals surface area contributed by atoms with Gasteiger partial charge in [0.25, 0.3) is 0 Å². The van der Waals surface area contributed by atoms with Gasteiger partial charge in [0, 0.05) is 18.0 Å². The first-order chi connectivity index (χ1) is 8.36. The molecule has 2 rings (SSSR count). The Balaban J connectivity index is 1.93. The van der Waals surface area contributed by atoms with Crippen molar-refractivity contribution in [2.75, 3.05) is 0 Å². The van der Waals surface area contributed by atoms with Crippen molar-refractivity contribution >= 4 is 16.8 Å². The number of pyridine rings is 1. The fourth-order valence-electron chi connectivity index (χ4n) is 1.28. The van der Waals surface area contributed by atoms with Crippen LogP contribution in [-0.4, -0.2) is 10.2 Å². The van der Waals surface area contributed by atoms with Crippen molar-refractivity contribution in [2.24, 2.45) is 5.16 Å². The van der Waals surface area contributed by atoms with Crippen molar-refractivity contribution in [1.29, 1.82) is 0 Å². The topological polar surface area (TPSA) is 34.5 Å². The molecule has 0 saturated heterocycles. The average Bonchev–Trinajstić information content (AvgIpc) is 2.41. The molecule has 0 saturated carbocycles. The Kier molecular flexibility index (Phi) is 4.11. The lowest BCUT2D eigenvalue weighted by molar-refractivity contribution is 0.131. The smallest absolute Gasteiger partial charge is 0.177 e. The van der Waals surface area contributed by atoms with Gasteiger partial charge in [-0.15, -0.1) is 0 Å². The van der Waals surface area contributed by atoms with Crippen molar-refractivity contribution in [3.8, 4) is 0 Å². The number of halogens is 1. The molecule has 4 heteroatoms. The van der Waals surface area contributed by atoms with Crippen LogP contribution in [0.25, 0.3) is 0 Å². The van der Waals surface area contributed by atoms with E-state index in [9.17, 15) is 0 Å². The number of benzene rings is 1. The molecule has 1 aromatic heterocycles. The molecule has 0 amide bonds. The summed E-state index contributed by atoms with van der Waals surface area (Å²) in [7, 11) is 0. The van der Waals surface area contributed by atoms with Gasteiger partial charge >= 0.3 is 0 Å². The number of hydrogen-bond donors (Lipinski definition) is 0. The second kappa shape index (κ2) is 6.01. The molecule has 86 valence electrons. The summed E-state index contributed by atoms with van der Waals surface area (Å²) in [6.45, 7) is 0.400. The monoisotopic (exact) mass is 246 g/mol. The van der Waals surface area contributed by atoms with Crippen molar-refractivity contribution < 1.29 is 4.84 Å². The van der Waals surface area contributed by atoms with Crippen LogP contribution in [0, 0.1) is 0 Å². The quantitative estimate of drug-likeness (QED) is 0.613. The van der Waals surface area contributed by atoms with Gasteiger partial charge in [0.2, 0.25) is 0 Å². The summed E-state index contributed by atoms with van der Waals surface area (Å²) in [6, 6.07) is 13.4. The molecule has 0 N–H and O–H groups in total. The highest BCUT2D eigenvalue weighted by Gasteiger charge is 1.99. The summed E-state index contributed by atoms with van der Waals surface area (Å²) in [6.07, 6.45) is 3.32. The van der Waals surface area contributed by atoms with E-state index in [0.29, 0.717) is 11.8 Å². The predicted octanol–water partition coefficient (Wildman–Crippen LogP) is 3.20. The molecule has 17 heavy (non-hydrogen) atoms. The molecule has 1 heterocycles. The van der Waals surface area contributed by atoms with E-state index in [0.717, 1.165) is 11.1 Å². The number of oxime groups is 1. The molecule has 0 fully saturated rings. The maximum Gasteiger partial charge on any atom is 0.177 e. The molecular weight excluding hydrogens is 236 g/mol. The number of aromatic nitrogens is 1. The van der Waals surface area contributed by atoms with E-state index in [1.807, 2.05) is 36.4 Å². The molecule has 0 aliphatic carbocycles. The molecule has 3 nitrogen and oxygen atoms in total. The molecule has 0 bridgehead atoms. The van der Waals surface area contributed by atoms with Crippen LogP contribution in [0.2, 0.25) is 0 Å². The standard InChI is InChI=1S/C13H11ClN2O/c14-13(12-7-4-8-15-9-12)16-17-10-11-5-2-1-3-6-11/h1-9H,10H2. The van der Waals surface area contributed by atoms with Gasteiger partial charge in [0.15, 0.2) is 5.17 Å². The van der Waals surface area contributed by atoms with Gasteiger partial charge in [-0.2, -0.15) is 0 Å². The van der Waals surface area contributed by atoms with Crippen LogP contribution in [0.3, 0.4) is 0 Å². The van der Waals surface area contributed by atoms with Crippen molar-refractivity contribution in [1.82, 2.24) is 4.98 Å². The van der Waals surface area contributed by atoms with Gasteiger partial charge in [0.1, 0.15) is 6.61 Å². The summed E-state index contributed by atoms with van der Waals surface area (Å²) < 4.78 is 0. The Morgan fingerprint density at radius 1 is 1.18 bits per heavy atom. The maximum atomic E-state index is 5.96. The highest BCUT2D eigenvalue weighted by molar-refractivity contribution is 6.69. The third-order valence-electron chi connectivity index (χ3n) is 2.12. The minimum atomic E-state index is 0.300. The lowest BCUT2D eigenvalue weighted by Crippen LogP contribution is -1.94. The summed E-state index contributed by atoms with van der Waals surface area (Å²) >= 11 is 5.96. The minimum Gasteiger partial charge on any atom is -0.390 e. The normalized spacial score (nSPS) is 11.2. The molecule has 0 aliphatic heterocycles. The van der Waals surface area contributed by atoms with E-state index in [2.05, 4.69) is 10.1 Å². The second-order valence-electron chi connectivity index (χ2n) is 3.38. The average molecular weight is 247 g/mol. The second-order valence-corrected chi connectivity index (χ2v) is 3.74. The van der Waals surface area contributed by atoms with Crippen LogP contribution < -0.4 is 0 Å². The van der Waals surface area contributed by atoms with Gasteiger partial charge in [-0.05, 0) is 17.7 Å². The lowest BCUT2D eigenvalue weighted by Gasteiger charge is -2.00. The van der Waals surface area contributed by atoms with Gasteiger partial charge in [0.05, 0.1) is 0 Å². The van der Waals surface area contributed by atoms with Crippen LogP contribution in [-0.2, 0) is 11.4 Å². The molecule has 1 aromatic carbocycles. The van der Waals surface area contributed by atoms with Crippen molar-refractivity contribution in [3.63, 3.8) is 0 Å². The van der Waals surface area contributed by atoms with Gasteiger partial charge in [-0.25, -0.2) is 0 Å². The predicted molar refractivity (Wildman–Crippen MR) is 67.9 cm³/mol. The first-order valence-corrected chi connectivity index (χ1v) is 5.54. The number of nitrogens with zero attached hydrogens (tertiary/aromatic N) is 2. The summed E-state index contributed by atoms with van der Waals surface area (Å²) in [5.41, 5.74) is 1.79. The molecular formula is C13H11ClN2O. The lowest BCUT2D eigenvalue weighted by atomic mass is 10.2. The fraction of sp³-hybridized carbons (Fsp3) is 0.0769. The SMILES string of the molecule is ClC(=NOCc1ccccc1)c1cccnc1. The molecule has 0 atom stereocenters. The zero-order chi connectivity index (χ0) is 11.9. The Morgan fingerprint density at radius 3 is 2.71 bits per heavy atom. The van der Waals surface area contributed by atoms with Crippen LogP contribution >= 0.6 is 11.6 Å². The highest BCUT2D eigenvalue weighted by atomic mass is 35.5. The fourth-order valence-corrected chi connectivity index (χ4v) is 1.44. The molecule has 0 unspecified atom stereocenters. The molecule has 0 radical (unpaired) electrons. The van der Waals surface area contributed by atoms with E-state index in [1.165, 1.54) is 0 Å². The third kappa shape index (κ3) is 3.57. The maximum absolute atomic E-state index is 5.96. The van der Waals surface area contributed by atoms with E-state index >= 15 is 0 Å². The molecule has 0 spiro atoms. The van der Waals surface area contributed by atoms with E-state index in [4.69, 9.17) is 16.4 Å². The van der Waals surface area contributed by atoms with Crippen molar-refractivity contribution in [2.45, 2.75) is 6.61 Å². The number of rotatable bonds is 4. The minimum absolute atomic E-state index is 0.300. The largest absolute Gasteiger partial charge is 0.390 e. The van der Waals surface area contributed by atoms with Crippen LogP contribution in [0.5, 0.6) is 0 Å². The van der Waals surface area contributed by atoms with Crippen LogP contribution in [0.1, 0.15) is 11.1 Å². The zero-order valence-electron chi connectivity index (χ0n) is 9.08. The van der Waals surface area contributed by atoms with Gasteiger partial charge in [-0.3, -0.25) is 4.98 Å². The van der Waals surface area contributed by atoms with Crippen molar-refractivity contribution in [3.05, 3.63) is 66.0 Å². The number of hydrogen-bond acceptors (Lipinski definition) is 3. The first kappa shape index (κ1) is 11.6. The van der Waals surface area contributed by atoms with Crippen LogP contribution in [0.15, 0.2) is 60.0 Å². The van der Waals surface area contributed by atoms with E-state index in [1.54, 1.807) is 18.5 Å². The molecule has 2 aromatic rings. The Morgan fingerprint density at radius 2 is 2.00 bits per heavy atom. The van der Waals surface area contributed by atoms with E-state index < -0.39 is 0 Å². The summed E-state index contributed by atoms with van der Waals surface area (Å²) in [5.74, 6) is 0. The van der Waals surface area contributed by atoms with Crippen LogP contribution in [0.4, 0.5) is 0 Å². The van der Waals surface area contributed by atoms with Gasteiger partial charge < -0.3 is 4.84 Å². The Bertz CT molecular complexity index is 485. The Labute approximate surface area is 105 Å². The third-order valence-corrected chi connectivity index (χ3v) is 2.41. The summed E-state index contributed by atoms with van der Waals surface area (Å²) in [4.78, 5) is 9.12.